The molecule has 0 radical (unpaired) electrons. The highest BCUT2D eigenvalue weighted by molar-refractivity contribution is 5.84. The van der Waals surface area contributed by atoms with E-state index in [0.29, 0.717) is 63.4 Å². The van der Waals surface area contributed by atoms with Crippen LogP contribution in [0.25, 0.3) is 0 Å². The Morgan fingerprint density at radius 1 is 0.734 bits per heavy atom. The van der Waals surface area contributed by atoms with Crippen molar-refractivity contribution in [2.24, 2.45) is 5.92 Å². The summed E-state index contributed by atoms with van der Waals surface area (Å²) in [4.78, 5) is 23.6. The number of rotatable bonds is 3. The first-order chi connectivity index (χ1) is 30.4. The van der Waals surface area contributed by atoms with Crippen molar-refractivity contribution in [2.45, 2.75) is 257 Å². The second kappa shape index (κ2) is 15.7. The van der Waals surface area contributed by atoms with Gasteiger partial charge in [0, 0.05) is 57.4 Å². The van der Waals surface area contributed by atoms with Crippen LogP contribution in [0.1, 0.15) is 126 Å². The zero-order valence-corrected chi connectivity index (χ0v) is 38.6. The molecule has 0 aliphatic carbocycles. The molecule has 11 heterocycles. The predicted octanol–water partition coefficient (Wildman–Crippen LogP) is 5.47. The summed E-state index contributed by atoms with van der Waals surface area (Å²) in [5.41, 5.74) is -1.96. The van der Waals surface area contributed by atoms with Gasteiger partial charge < -0.3 is 57.2 Å². The minimum absolute atomic E-state index is 0.116. The predicted molar refractivity (Wildman–Crippen MR) is 228 cm³/mol. The van der Waals surface area contributed by atoms with Crippen LogP contribution in [-0.2, 0) is 61.7 Å². The molecule has 18 unspecified atom stereocenters. The van der Waals surface area contributed by atoms with Crippen molar-refractivity contribution in [3.05, 3.63) is 36.0 Å². The van der Waals surface area contributed by atoms with Crippen LogP contribution in [0, 0.1) is 5.92 Å². The molecule has 0 amide bonds. The van der Waals surface area contributed by atoms with Crippen LogP contribution in [0.15, 0.2) is 36.0 Å². The van der Waals surface area contributed by atoms with E-state index in [2.05, 4.69) is 53.3 Å². The average molecular weight is 895 g/mol. The highest BCUT2D eigenvalue weighted by Crippen LogP contribution is 2.55. The molecule has 1 N–H and O–H groups in total. The molecule has 14 nitrogen and oxygen atoms in total. The van der Waals surface area contributed by atoms with E-state index in [4.69, 9.17) is 52.1 Å². The lowest BCUT2D eigenvalue weighted by atomic mass is 9.72. The second-order valence-electron chi connectivity index (χ2n) is 22.7. The van der Waals surface area contributed by atoms with Gasteiger partial charge in [0.05, 0.1) is 108 Å². The molecule has 0 aromatic rings. The van der Waals surface area contributed by atoms with E-state index in [1.54, 1.807) is 6.08 Å². The van der Waals surface area contributed by atoms with Crippen LogP contribution >= 0.6 is 0 Å². The largest absolute Gasteiger partial charge is 0.456 e. The number of fused-ring (bicyclic) bond motifs is 10. The normalized spacial score (nSPS) is 56.4. The molecule has 11 rings (SSSR count). The van der Waals surface area contributed by atoms with Gasteiger partial charge in [0.1, 0.15) is 30.2 Å². The summed E-state index contributed by atoms with van der Waals surface area (Å²) in [7, 11) is 0. The lowest BCUT2D eigenvalue weighted by Crippen LogP contribution is -2.70. The number of carbonyl (C=O) groups is 2. The second-order valence-corrected chi connectivity index (χ2v) is 22.7. The van der Waals surface area contributed by atoms with Crippen molar-refractivity contribution in [3.63, 3.8) is 0 Å². The molecule has 11 aliphatic heterocycles. The number of ether oxygens (including phenoxy) is 11. The quantitative estimate of drug-likeness (QED) is 0.165. The van der Waals surface area contributed by atoms with Crippen LogP contribution in [-0.4, -0.2) is 149 Å². The molecule has 23 atom stereocenters. The van der Waals surface area contributed by atoms with Crippen molar-refractivity contribution in [1.82, 2.24) is 0 Å². The van der Waals surface area contributed by atoms with E-state index < -0.39 is 34.1 Å². The van der Waals surface area contributed by atoms with Crippen molar-refractivity contribution in [2.75, 3.05) is 0 Å². The summed E-state index contributed by atoms with van der Waals surface area (Å²) in [6, 6.07) is 0. The zero-order chi connectivity index (χ0) is 44.7. The van der Waals surface area contributed by atoms with Crippen molar-refractivity contribution < 1.29 is 66.8 Å². The molecule has 9 saturated heterocycles. The number of aliphatic hydroxyl groups excluding tert-OH is 1. The van der Waals surface area contributed by atoms with Crippen molar-refractivity contribution in [3.8, 4) is 0 Å². The molecule has 11 aliphatic rings. The van der Waals surface area contributed by atoms with E-state index in [-0.39, 0.29) is 110 Å². The van der Waals surface area contributed by atoms with E-state index in [0.717, 1.165) is 31.1 Å². The zero-order valence-electron chi connectivity index (χ0n) is 38.6. The van der Waals surface area contributed by atoms with E-state index in [1.165, 1.54) is 0 Å². The minimum Gasteiger partial charge on any atom is -0.456 e. The summed E-state index contributed by atoms with van der Waals surface area (Å²) >= 11 is 0. The molecule has 14 heteroatoms. The third-order valence-electron chi connectivity index (χ3n) is 17.8. The molecule has 64 heavy (non-hydrogen) atoms. The SMILES string of the molecule is C=C(C=O)CC1CC(O)[C@]2(C)OC3CC4OC5C[C@]6(C)O[C@]7(C)CCC8OC9C[C@]%10(C)OC%11C(C)=CC(=O)OC%11CC%10OC9CC(C)C8OC7CC6O[C@@]5(C)CC=CC4OC3CC2O1. The topological polar surface area (TPSA) is 156 Å². The van der Waals surface area contributed by atoms with E-state index >= 15 is 0 Å². The van der Waals surface area contributed by atoms with E-state index in [9.17, 15) is 14.7 Å². The Morgan fingerprint density at radius 3 is 2.31 bits per heavy atom. The summed E-state index contributed by atoms with van der Waals surface area (Å²) < 4.78 is 75.6. The minimum atomic E-state index is -0.911. The molecule has 0 aromatic heterocycles. The van der Waals surface area contributed by atoms with Crippen LogP contribution in [0.3, 0.4) is 0 Å². The maximum Gasteiger partial charge on any atom is 0.331 e. The Kier molecular flexibility index (Phi) is 10.9. The fourth-order valence-electron chi connectivity index (χ4n) is 14.0. The van der Waals surface area contributed by atoms with E-state index in [1.807, 2.05) is 13.8 Å². The smallest absolute Gasteiger partial charge is 0.331 e. The van der Waals surface area contributed by atoms with Gasteiger partial charge in [-0.05, 0) is 84.3 Å². The van der Waals surface area contributed by atoms with Crippen LogP contribution in [0.2, 0.25) is 0 Å². The Hall–Kier alpha value is -2.08. The van der Waals surface area contributed by atoms with Crippen LogP contribution < -0.4 is 0 Å². The molecular weight excluding hydrogens is 825 g/mol. The van der Waals surface area contributed by atoms with Gasteiger partial charge in [0.15, 0.2) is 0 Å². The standard InChI is InChI=1S/C50H70O14/c1-25(24-51)14-28-17-37(52)50(8)41(54-28)19-33-34(61-50)18-32-29(55-33)10-9-12-46(4)42(58-32)23-49(7)40(62-46)21-39-47(5,64-49)13-11-30-44(60-39)26(2)15-31-36(56-30)22-48(6)38(57-31)20-35-45(63-48)27(3)16-43(53)59-35/h9-10,16,24,26,28-42,44-45,52H,1,11-15,17-23H2,2-8H3/t26?,28?,29?,30?,31?,32?,33?,34?,35?,36?,37?,38?,39?,40?,41?,42?,44?,45?,46-,47+,48-,49-,50-/m0/s1. The van der Waals surface area contributed by atoms with Gasteiger partial charge in [-0.25, -0.2) is 4.79 Å². The molecular formula is C50H70O14. The summed E-state index contributed by atoms with van der Waals surface area (Å²) in [6.45, 7) is 18.7. The number of aldehydes is 1. The lowest BCUT2D eigenvalue weighted by Gasteiger charge is -2.60. The summed E-state index contributed by atoms with van der Waals surface area (Å²) in [5.74, 6) is -0.146. The van der Waals surface area contributed by atoms with Gasteiger partial charge in [0.2, 0.25) is 0 Å². The maximum atomic E-state index is 12.3. The third-order valence-corrected chi connectivity index (χ3v) is 17.8. The highest BCUT2D eigenvalue weighted by atomic mass is 16.7. The van der Waals surface area contributed by atoms with Gasteiger partial charge in [-0.1, -0.05) is 25.7 Å². The first-order valence-corrected chi connectivity index (χ1v) is 24.4. The monoisotopic (exact) mass is 894 g/mol. The number of carbonyl (C=O) groups excluding carboxylic acids is 2. The summed E-state index contributed by atoms with van der Waals surface area (Å²) in [5, 5.41) is 11.4. The Morgan fingerprint density at radius 2 is 1.50 bits per heavy atom. The van der Waals surface area contributed by atoms with Gasteiger partial charge in [-0.2, -0.15) is 0 Å². The molecule has 354 valence electrons. The fourth-order valence-corrected chi connectivity index (χ4v) is 14.0. The van der Waals surface area contributed by atoms with Crippen LogP contribution in [0.5, 0.6) is 0 Å². The lowest BCUT2D eigenvalue weighted by molar-refractivity contribution is -0.356. The molecule has 0 spiro atoms. The van der Waals surface area contributed by atoms with Crippen molar-refractivity contribution >= 4 is 12.3 Å². The Labute approximate surface area is 377 Å². The van der Waals surface area contributed by atoms with Crippen molar-refractivity contribution in [1.29, 1.82) is 0 Å². The highest BCUT2D eigenvalue weighted by Gasteiger charge is 2.64. The molecule has 0 bridgehead atoms. The number of hydrogen-bond donors (Lipinski definition) is 1. The first-order valence-electron chi connectivity index (χ1n) is 24.4. The molecule has 0 saturated carbocycles. The van der Waals surface area contributed by atoms with Gasteiger partial charge in [-0.15, -0.1) is 0 Å². The number of aliphatic hydroxyl groups is 1. The third kappa shape index (κ3) is 7.38. The number of hydrogen-bond acceptors (Lipinski definition) is 14. The Bertz CT molecular complexity index is 1940. The fraction of sp³-hybridized carbons (Fsp3) is 0.840. The van der Waals surface area contributed by atoms with Gasteiger partial charge in [-0.3, -0.25) is 4.79 Å². The van der Waals surface area contributed by atoms with Gasteiger partial charge >= 0.3 is 5.97 Å². The summed E-state index contributed by atoms with van der Waals surface area (Å²) in [6.07, 6.45) is 9.57. The molecule has 9 fully saturated rings. The molecule has 0 aromatic carbocycles. The van der Waals surface area contributed by atoms with Crippen LogP contribution in [0.4, 0.5) is 0 Å². The van der Waals surface area contributed by atoms with Gasteiger partial charge in [0.25, 0.3) is 0 Å². The Balaban J connectivity index is 0.776. The maximum absolute atomic E-state index is 12.3. The first kappa shape index (κ1) is 44.4. The average Bonchev–Trinajstić information content (AvgIpc) is 3.43. The number of esters is 1.